The standard InChI is InChI=1S/C30H52O4/c1-19-9-10-22-21(13-17-29(22,7)32)26(2,3)20(19)11-12-23-28(6)16-14-24(31)27(4,5)34-25(28)15-18-30(23,8)33/h11,19,21-25,31-33H,9-10,12-18H2,1-8H3/b20-11-/t19?,21-,22-,23-,24-,25-,28-,29-,30-/m1/s1. The van der Waals surface area contributed by atoms with Gasteiger partial charge in [0.05, 0.1) is 29.0 Å². The quantitative estimate of drug-likeness (QED) is 0.426. The van der Waals surface area contributed by atoms with Crippen LogP contribution in [-0.2, 0) is 4.74 Å². The maximum Gasteiger partial charge on any atom is 0.0888 e. The molecule has 196 valence electrons. The van der Waals surface area contributed by atoms with Gasteiger partial charge in [-0.05, 0) is 120 Å². The summed E-state index contributed by atoms with van der Waals surface area (Å²) in [5.74, 6) is 1.45. The van der Waals surface area contributed by atoms with Crippen LogP contribution in [0.3, 0.4) is 0 Å². The highest BCUT2D eigenvalue weighted by Crippen LogP contribution is 2.59. The van der Waals surface area contributed by atoms with E-state index in [2.05, 4.69) is 40.7 Å². The number of hydrogen-bond acceptors (Lipinski definition) is 4. The Hall–Kier alpha value is -0.420. The molecule has 3 aliphatic carbocycles. The van der Waals surface area contributed by atoms with Gasteiger partial charge in [-0.15, -0.1) is 0 Å². The first-order chi connectivity index (χ1) is 15.5. The molecule has 0 spiro atoms. The van der Waals surface area contributed by atoms with Crippen molar-refractivity contribution >= 4 is 0 Å². The number of aliphatic hydroxyl groups excluding tert-OH is 1. The van der Waals surface area contributed by atoms with Crippen LogP contribution in [0.5, 0.6) is 0 Å². The predicted octanol–water partition coefficient (Wildman–Crippen LogP) is 6.02. The first kappa shape index (κ1) is 26.6. The lowest BCUT2D eigenvalue weighted by molar-refractivity contribution is -0.203. The Bertz CT molecular complexity index is 794. The molecule has 4 aliphatic rings. The van der Waals surface area contributed by atoms with E-state index in [0.717, 1.165) is 51.4 Å². The topological polar surface area (TPSA) is 69.9 Å². The highest BCUT2D eigenvalue weighted by molar-refractivity contribution is 5.22. The van der Waals surface area contributed by atoms with Crippen LogP contribution >= 0.6 is 0 Å². The van der Waals surface area contributed by atoms with E-state index in [1.807, 2.05) is 20.8 Å². The Balaban J connectivity index is 1.66. The van der Waals surface area contributed by atoms with Crippen molar-refractivity contribution in [3.63, 3.8) is 0 Å². The summed E-state index contributed by atoms with van der Waals surface area (Å²) in [7, 11) is 0. The minimum absolute atomic E-state index is 0.0417. The summed E-state index contributed by atoms with van der Waals surface area (Å²) in [5.41, 5.74) is -0.459. The van der Waals surface area contributed by atoms with Crippen LogP contribution in [0, 0.1) is 34.5 Å². The van der Waals surface area contributed by atoms with Crippen LogP contribution in [0.1, 0.15) is 113 Å². The van der Waals surface area contributed by atoms with E-state index in [9.17, 15) is 15.3 Å². The molecule has 1 unspecified atom stereocenters. The predicted molar refractivity (Wildman–Crippen MR) is 137 cm³/mol. The molecule has 3 saturated carbocycles. The third-order valence-electron chi connectivity index (χ3n) is 11.3. The molecule has 34 heavy (non-hydrogen) atoms. The van der Waals surface area contributed by atoms with Crippen molar-refractivity contribution in [2.45, 2.75) is 142 Å². The molecule has 0 amide bonds. The fraction of sp³-hybridized carbons (Fsp3) is 0.933. The Kier molecular flexibility index (Phi) is 6.71. The highest BCUT2D eigenvalue weighted by atomic mass is 16.5. The molecule has 0 bridgehead atoms. The summed E-state index contributed by atoms with van der Waals surface area (Å²) >= 11 is 0. The average Bonchev–Trinajstić information content (AvgIpc) is 2.93. The molecule has 0 aromatic rings. The van der Waals surface area contributed by atoms with Gasteiger partial charge in [0.25, 0.3) is 0 Å². The molecule has 0 aromatic carbocycles. The molecule has 9 atom stereocenters. The first-order valence-electron chi connectivity index (χ1n) is 14.0. The Morgan fingerprint density at radius 1 is 0.824 bits per heavy atom. The van der Waals surface area contributed by atoms with E-state index in [1.54, 1.807) is 0 Å². The zero-order valence-corrected chi connectivity index (χ0v) is 23.2. The van der Waals surface area contributed by atoms with Gasteiger partial charge in [-0.1, -0.05) is 39.3 Å². The average molecular weight is 477 g/mol. The molecular weight excluding hydrogens is 424 g/mol. The van der Waals surface area contributed by atoms with Gasteiger partial charge in [-0.25, -0.2) is 0 Å². The van der Waals surface area contributed by atoms with Gasteiger partial charge in [-0.3, -0.25) is 0 Å². The van der Waals surface area contributed by atoms with Crippen molar-refractivity contribution in [1.82, 2.24) is 0 Å². The van der Waals surface area contributed by atoms with Crippen molar-refractivity contribution in [2.24, 2.45) is 34.5 Å². The van der Waals surface area contributed by atoms with Gasteiger partial charge in [0.1, 0.15) is 0 Å². The summed E-state index contributed by atoms with van der Waals surface area (Å²) in [6.07, 6.45) is 10.3. The SMILES string of the molecule is CC1CC[C@@H]2[C@@H](CC[C@@]2(C)O)C(C)(C)/C1=C\C[C@@H]1[C@@]2(C)CC[C@@H](O)C(C)(C)O[C@@H]2CC[C@@]1(C)O. The second-order valence-corrected chi connectivity index (χ2v) is 14.4. The Labute approximate surface area is 208 Å². The molecule has 0 aromatic heterocycles. The molecule has 0 radical (unpaired) electrons. The zero-order chi connectivity index (χ0) is 25.3. The van der Waals surface area contributed by atoms with Crippen molar-refractivity contribution in [1.29, 1.82) is 0 Å². The van der Waals surface area contributed by atoms with E-state index in [4.69, 9.17) is 4.74 Å². The number of rotatable bonds is 2. The largest absolute Gasteiger partial charge is 0.390 e. The van der Waals surface area contributed by atoms with E-state index >= 15 is 0 Å². The van der Waals surface area contributed by atoms with Crippen LogP contribution in [0.15, 0.2) is 11.6 Å². The van der Waals surface area contributed by atoms with Gasteiger partial charge in [0.2, 0.25) is 0 Å². The lowest BCUT2D eigenvalue weighted by atomic mass is 9.56. The molecule has 1 heterocycles. The second kappa shape index (κ2) is 8.57. The third-order valence-corrected chi connectivity index (χ3v) is 11.3. The molecule has 1 aliphatic heterocycles. The number of allylic oxidation sites excluding steroid dienone is 2. The molecule has 1 saturated heterocycles. The Morgan fingerprint density at radius 3 is 2.15 bits per heavy atom. The summed E-state index contributed by atoms with van der Waals surface area (Å²) in [6, 6.07) is 0. The third kappa shape index (κ3) is 4.33. The molecule has 4 nitrogen and oxygen atoms in total. The van der Waals surface area contributed by atoms with Crippen LogP contribution < -0.4 is 0 Å². The summed E-state index contributed by atoms with van der Waals surface area (Å²) < 4.78 is 6.59. The van der Waals surface area contributed by atoms with Crippen LogP contribution in [-0.4, -0.2) is 44.3 Å². The lowest BCUT2D eigenvalue weighted by Crippen LogP contribution is -2.56. The van der Waals surface area contributed by atoms with E-state index in [0.29, 0.717) is 24.2 Å². The Morgan fingerprint density at radius 2 is 1.47 bits per heavy atom. The fourth-order valence-electron chi connectivity index (χ4n) is 8.94. The van der Waals surface area contributed by atoms with E-state index < -0.39 is 22.9 Å². The maximum absolute atomic E-state index is 11.6. The second-order valence-electron chi connectivity index (χ2n) is 14.4. The monoisotopic (exact) mass is 476 g/mol. The number of hydrogen-bond donors (Lipinski definition) is 3. The molecular formula is C30H52O4. The van der Waals surface area contributed by atoms with Gasteiger partial charge < -0.3 is 20.1 Å². The van der Waals surface area contributed by atoms with Crippen molar-refractivity contribution in [3.8, 4) is 0 Å². The lowest BCUT2D eigenvalue weighted by Gasteiger charge is -2.54. The minimum Gasteiger partial charge on any atom is -0.390 e. The number of ether oxygens (including phenoxy) is 1. The van der Waals surface area contributed by atoms with Gasteiger partial charge in [0, 0.05) is 0 Å². The normalized spacial score (nSPS) is 51.9. The number of aliphatic hydroxyl groups is 3. The molecule has 4 rings (SSSR count). The summed E-state index contributed by atoms with van der Waals surface area (Å²) in [6.45, 7) is 17.6. The highest BCUT2D eigenvalue weighted by Gasteiger charge is 2.57. The minimum atomic E-state index is -0.747. The van der Waals surface area contributed by atoms with Crippen LogP contribution in [0.4, 0.5) is 0 Å². The smallest absolute Gasteiger partial charge is 0.0888 e. The van der Waals surface area contributed by atoms with Gasteiger partial charge in [0.15, 0.2) is 0 Å². The molecule has 4 fully saturated rings. The van der Waals surface area contributed by atoms with Crippen molar-refractivity contribution in [2.75, 3.05) is 0 Å². The van der Waals surface area contributed by atoms with Crippen LogP contribution in [0.25, 0.3) is 0 Å². The molecule has 4 heteroatoms. The van der Waals surface area contributed by atoms with Crippen molar-refractivity contribution in [3.05, 3.63) is 11.6 Å². The summed E-state index contributed by atoms with van der Waals surface area (Å²) in [4.78, 5) is 0. The van der Waals surface area contributed by atoms with E-state index in [1.165, 1.54) is 5.57 Å². The van der Waals surface area contributed by atoms with Crippen LogP contribution in [0.2, 0.25) is 0 Å². The van der Waals surface area contributed by atoms with Gasteiger partial charge >= 0.3 is 0 Å². The maximum atomic E-state index is 11.6. The molecule has 3 N–H and O–H groups in total. The zero-order valence-electron chi connectivity index (χ0n) is 23.2. The van der Waals surface area contributed by atoms with E-state index in [-0.39, 0.29) is 22.9 Å². The summed E-state index contributed by atoms with van der Waals surface area (Å²) in [5, 5.41) is 33.5. The first-order valence-corrected chi connectivity index (χ1v) is 14.0. The van der Waals surface area contributed by atoms with Gasteiger partial charge in [-0.2, -0.15) is 0 Å². The fourth-order valence-corrected chi connectivity index (χ4v) is 8.94. The van der Waals surface area contributed by atoms with Crippen molar-refractivity contribution < 1.29 is 20.1 Å². The number of fused-ring (bicyclic) bond motifs is 2.